The number of benzene rings is 3. The molecule has 1 heterocycles. The van der Waals surface area contributed by atoms with Crippen LogP contribution in [0.5, 0.6) is 0 Å². The third-order valence-corrected chi connectivity index (χ3v) is 4.41. The molecule has 0 aliphatic carbocycles. The highest BCUT2D eigenvalue weighted by Gasteiger charge is 2.14. The Morgan fingerprint density at radius 3 is 2.04 bits per heavy atom. The minimum Gasteiger partial charge on any atom is -0.321 e. The van der Waals surface area contributed by atoms with Crippen LogP contribution in [-0.4, -0.2) is 4.98 Å². The number of pyridine rings is 1. The van der Waals surface area contributed by atoms with E-state index >= 15 is 0 Å². The number of rotatable bonds is 3. The lowest BCUT2D eigenvalue weighted by Crippen LogP contribution is -2.09. The molecule has 0 radical (unpaired) electrons. The van der Waals surface area contributed by atoms with Gasteiger partial charge in [0, 0.05) is 10.9 Å². The lowest BCUT2D eigenvalue weighted by molar-refractivity contribution is 1.28. The minimum atomic E-state index is -0.0795. The van der Waals surface area contributed by atoms with Crippen molar-refractivity contribution in [3.63, 3.8) is 0 Å². The zero-order chi connectivity index (χ0) is 17.2. The van der Waals surface area contributed by atoms with Gasteiger partial charge >= 0.3 is 0 Å². The van der Waals surface area contributed by atoms with Gasteiger partial charge in [-0.25, -0.2) is 0 Å². The second-order valence-electron chi connectivity index (χ2n) is 5.95. The first-order chi connectivity index (χ1) is 12.3. The zero-order valence-corrected chi connectivity index (χ0v) is 13.7. The van der Waals surface area contributed by atoms with E-state index < -0.39 is 0 Å². The molecule has 120 valence electrons. The van der Waals surface area contributed by atoms with Crippen LogP contribution < -0.4 is 5.56 Å². The van der Waals surface area contributed by atoms with Crippen molar-refractivity contribution in [3.8, 4) is 22.4 Å². The third kappa shape index (κ3) is 2.68. The molecule has 3 aromatic carbocycles. The molecule has 1 aromatic heterocycles. The topological polar surface area (TPSA) is 32.9 Å². The molecule has 2 heteroatoms. The molecule has 0 bridgehead atoms. The molecule has 2 nitrogen and oxygen atoms in total. The molecule has 0 spiro atoms. The number of nitrogens with one attached hydrogen (secondary N) is 1. The summed E-state index contributed by atoms with van der Waals surface area (Å²) in [5.74, 6) is 0. The summed E-state index contributed by atoms with van der Waals surface area (Å²) in [6, 6.07) is 25.9. The summed E-state index contributed by atoms with van der Waals surface area (Å²) in [5, 5.41) is 1.62. The van der Waals surface area contributed by atoms with Gasteiger partial charge in [0.05, 0.1) is 5.69 Å². The highest BCUT2D eigenvalue weighted by atomic mass is 16.1. The Labute approximate surface area is 146 Å². The Bertz CT molecular complexity index is 1110. The Hall–Kier alpha value is -3.39. The number of aromatic amines is 1. The van der Waals surface area contributed by atoms with Crippen LogP contribution >= 0.6 is 0 Å². The molecule has 0 atom stereocenters. The summed E-state index contributed by atoms with van der Waals surface area (Å²) >= 11 is 0. The van der Waals surface area contributed by atoms with E-state index in [1.54, 1.807) is 6.08 Å². The van der Waals surface area contributed by atoms with Crippen molar-refractivity contribution in [2.24, 2.45) is 0 Å². The van der Waals surface area contributed by atoms with Gasteiger partial charge in [-0.2, -0.15) is 0 Å². The van der Waals surface area contributed by atoms with Crippen molar-refractivity contribution in [1.82, 2.24) is 4.98 Å². The Balaban J connectivity index is 2.18. The normalized spacial score (nSPS) is 10.7. The van der Waals surface area contributed by atoms with E-state index in [9.17, 15) is 4.79 Å². The minimum absolute atomic E-state index is 0.0795. The summed E-state index contributed by atoms with van der Waals surface area (Å²) in [4.78, 5) is 15.8. The van der Waals surface area contributed by atoms with Gasteiger partial charge in [0.2, 0.25) is 0 Å². The Morgan fingerprint density at radius 1 is 0.760 bits per heavy atom. The number of fused-ring (bicyclic) bond motifs is 1. The largest absolute Gasteiger partial charge is 0.321 e. The van der Waals surface area contributed by atoms with E-state index in [0.717, 1.165) is 33.3 Å². The molecular formula is C23H17NO. The van der Waals surface area contributed by atoms with Crippen molar-refractivity contribution in [2.45, 2.75) is 0 Å². The zero-order valence-electron chi connectivity index (χ0n) is 13.7. The highest BCUT2D eigenvalue weighted by Crippen LogP contribution is 2.35. The standard InChI is InChI=1S/C23H17NO/c1-2-16-13-14-19-20(15-16)21(17-9-5-3-6-10-17)22(24-23(19)25)18-11-7-4-8-12-18/h2-15H,1H2,(H,24,25). The van der Waals surface area contributed by atoms with Gasteiger partial charge in [0.15, 0.2) is 0 Å². The van der Waals surface area contributed by atoms with Crippen LogP contribution in [0.3, 0.4) is 0 Å². The van der Waals surface area contributed by atoms with E-state index in [1.165, 1.54) is 0 Å². The van der Waals surface area contributed by atoms with Gasteiger partial charge in [-0.05, 0) is 34.2 Å². The molecule has 4 rings (SSSR count). The summed E-state index contributed by atoms with van der Waals surface area (Å²) < 4.78 is 0. The summed E-state index contributed by atoms with van der Waals surface area (Å²) in [6.07, 6.45) is 1.80. The van der Waals surface area contributed by atoms with Crippen LogP contribution in [0.15, 0.2) is 90.2 Å². The molecule has 1 N–H and O–H groups in total. The second kappa shape index (κ2) is 6.25. The van der Waals surface area contributed by atoms with E-state index in [2.05, 4.69) is 23.7 Å². The second-order valence-corrected chi connectivity index (χ2v) is 5.95. The van der Waals surface area contributed by atoms with Gasteiger partial charge in [0.1, 0.15) is 0 Å². The van der Waals surface area contributed by atoms with Gasteiger partial charge in [-0.15, -0.1) is 0 Å². The van der Waals surface area contributed by atoms with Crippen molar-refractivity contribution >= 4 is 16.8 Å². The van der Waals surface area contributed by atoms with Gasteiger partial charge in [0.25, 0.3) is 5.56 Å². The van der Waals surface area contributed by atoms with E-state index in [1.807, 2.05) is 66.7 Å². The van der Waals surface area contributed by atoms with Crippen LogP contribution in [0, 0.1) is 0 Å². The van der Waals surface area contributed by atoms with E-state index in [0.29, 0.717) is 5.39 Å². The fourth-order valence-electron chi connectivity index (χ4n) is 3.20. The van der Waals surface area contributed by atoms with Crippen molar-refractivity contribution in [2.75, 3.05) is 0 Å². The maximum absolute atomic E-state index is 12.7. The van der Waals surface area contributed by atoms with Gasteiger partial charge in [-0.1, -0.05) is 79.4 Å². The van der Waals surface area contributed by atoms with Crippen molar-refractivity contribution in [1.29, 1.82) is 0 Å². The smallest absolute Gasteiger partial charge is 0.256 e. The van der Waals surface area contributed by atoms with Crippen LogP contribution in [-0.2, 0) is 0 Å². The summed E-state index contributed by atoms with van der Waals surface area (Å²) in [5.41, 5.74) is 4.85. The highest BCUT2D eigenvalue weighted by molar-refractivity contribution is 6.03. The first-order valence-electron chi connectivity index (χ1n) is 8.21. The fraction of sp³-hybridized carbons (Fsp3) is 0. The van der Waals surface area contributed by atoms with E-state index in [-0.39, 0.29) is 5.56 Å². The molecule has 0 saturated heterocycles. The van der Waals surface area contributed by atoms with Crippen molar-refractivity contribution in [3.05, 3.63) is 101 Å². The van der Waals surface area contributed by atoms with Crippen LogP contribution in [0.25, 0.3) is 39.2 Å². The predicted octanol–water partition coefficient (Wildman–Crippen LogP) is 5.51. The number of hydrogen-bond acceptors (Lipinski definition) is 1. The SMILES string of the molecule is C=Cc1ccc2c(=O)[nH]c(-c3ccccc3)c(-c3ccccc3)c2c1. The van der Waals surface area contributed by atoms with Gasteiger partial charge in [-0.3, -0.25) is 4.79 Å². The molecule has 0 amide bonds. The average molecular weight is 323 g/mol. The first kappa shape index (κ1) is 15.2. The molecule has 0 fully saturated rings. The Kier molecular flexibility index (Phi) is 3.79. The molecule has 0 unspecified atom stereocenters. The van der Waals surface area contributed by atoms with Crippen LogP contribution in [0.2, 0.25) is 0 Å². The van der Waals surface area contributed by atoms with E-state index in [4.69, 9.17) is 0 Å². The Morgan fingerprint density at radius 2 is 1.40 bits per heavy atom. The van der Waals surface area contributed by atoms with Crippen molar-refractivity contribution < 1.29 is 0 Å². The third-order valence-electron chi connectivity index (χ3n) is 4.41. The van der Waals surface area contributed by atoms with Crippen LogP contribution in [0.4, 0.5) is 0 Å². The molecule has 4 aromatic rings. The quantitative estimate of drug-likeness (QED) is 0.530. The predicted molar refractivity (Wildman–Crippen MR) is 106 cm³/mol. The average Bonchev–Trinajstić information content (AvgIpc) is 2.68. The lowest BCUT2D eigenvalue weighted by Gasteiger charge is -2.14. The number of H-pyrrole nitrogens is 1. The monoisotopic (exact) mass is 323 g/mol. The maximum atomic E-state index is 12.7. The molecule has 0 aliphatic rings. The summed E-state index contributed by atoms with van der Waals surface area (Å²) in [7, 11) is 0. The fourth-order valence-corrected chi connectivity index (χ4v) is 3.20. The van der Waals surface area contributed by atoms with Gasteiger partial charge < -0.3 is 4.98 Å². The molecule has 0 aliphatic heterocycles. The maximum Gasteiger partial charge on any atom is 0.256 e. The van der Waals surface area contributed by atoms with Crippen LogP contribution in [0.1, 0.15) is 5.56 Å². The first-order valence-corrected chi connectivity index (χ1v) is 8.21. The number of aromatic nitrogens is 1. The molecule has 0 saturated carbocycles. The summed E-state index contributed by atoms with van der Waals surface area (Å²) in [6.45, 7) is 3.86. The number of hydrogen-bond donors (Lipinski definition) is 1. The molecule has 25 heavy (non-hydrogen) atoms. The lowest BCUT2D eigenvalue weighted by atomic mass is 9.93. The molecular weight excluding hydrogens is 306 g/mol.